The van der Waals surface area contributed by atoms with Gasteiger partial charge in [-0.25, -0.2) is 9.59 Å². The molecule has 0 fully saturated rings. The van der Waals surface area contributed by atoms with E-state index in [9.17, 15) is 9.59 Å². The van der Waals surface area contributed by atoms with Crippen LogP contribution in [0.1, 0.15) is 17.5 Å². The maximum absolute atomic E-state index is 9.55. The molecule has 0 amide bonds. The number of nitrogens with one attached hydrogen (secondary N) is 1. The van der Waals surface area contributed by atoms with Crippen molar-refractivity contribution >= 4 is 24.4 Å². The summed E-state index contributed by atoms with van der Waals surface area (Å²) in [6.45, 7) is 0.994. The van der Waals surface area contributed by atoms with Crippen LogP contribution in [-0.4, -0.2) is 41.1 Å². The number of hydrogen-bond acceptors (Lipinski definition) is 4. The van der Waals surface area contributed by atoms with Crippen LogP contribution < -0.4 is 5.32 Å². The molecule has 1 atom stereocenters. The minimum atomic E-state index is -1.26. The molecule has 0 saturated heterocycles. The van der Waals surface area contributed by atoms with Crippen molar-refractivity contribution in [1.82, 2.24) is 5.32 Å². The van der Waals surface area contributed by atoms with Crippen molar-refractivity contribution in [3.63, 3.8) is 0 Å². The summed E-state index contributed by atoms with van der Waals surface area (Å²) in [7, 11) is 0. The number of carboxylic acid groups (broad SMARTS) is 2. The molecule has 1 aromatic carbocycles. The Kier molecular flexibility index (Phi) is 5.68. The number of aliphatic carboxylic acids is 2. The maximum Gasteiger partial charge on any atom is 0.328 e. The van der Waals surface area contributed by atoms with Crippen molar-refractivity contribution in [2.45, 2.75) is 18.9 Å². The molecule has 1 heterocycles. The molecule has 0 spiro atoms. The van der Waals surface area contributed by atoms with Crippen LogP contribution in [0.2, 0.25) is 0 Å². The first-order chi connectivity index (χ1) is 11.0. The standard InChI is InChI=1S/C13H14N2.C4H4O4/c1-2-4-12-6-10(5-11(12)3-1)7-13-8-14-9-15-13;5-3(6)1-2-4(7)8/h1-5,9,13H,6-8H2,(H,14,15);1-2H,(H,5,6)(H,7,8). The first kappa shape index (κ1) is 16.5. The third kappa shape index (κ3) is 5.43. The summed E-state index contributed by atoms with van der Waals surface area (Å²) in [5.41, 5.74) is 4.37. The summed E-state index contributed by atoms with van der Waals surface area (Å²) in [4.78, 5) is 23.5. The highest BCUT2D eigenvalue weighted by atomic mass is 16.4. The molecule has 1 aromatic rings. The minimum Gasteiger partial charge on any atom is -0.478 e. The fourth-order valence-electron chi connectivity index (χ4n) is 2.45. The lowest BCUT2D eigenvalue weighted by molar-refractivity contribution is -0.134. The number of rotatable bonds is 4. The van der Waals surface area contributed by atoms with Gasteiger partial charge in [-0.15, -0.1) is 0 Å². The molecule has 1 unspecified atom stereocenters. The van der Waals surface area contributed by atoms with E-state index in [1.807, 2.05) is 6.34 Å². The lowest BCUT2D eigenvalue weighted by Gasteiger charge is -2.06. The molecule has 120 valence electrons. The van der Waals surface area contributed by atoms with E-state index in [0.717, 1.165) is 19.4 Å². The van der Waals surface area contributed by atoms with E-state index >= 15 is 0 Å². The SMILES string of the molecule is C1=NC(CC2=Cc3ccccc3C2)CN1.O=C(O)C=CC(=O)O. The third-order valence-electron chi connectivity index (χ3n) is 3.43. The van der Waals surface area contributed by atoms with Crippen LogP contribution in [0, 0.1) is 0 Å². The number of aliphatic imine (C=N–C) groups is 1. The summed E-state index contributed by atoms with van der Waals surface area (Å²) in [6, 6.07) is 9.08. The predicted octanol–water partition coefficient (Wildman–Crippen LogP) is 1.73. The normalized spacial score (nSPS) is 17.9. The van der Waals surface area contributed by atoms with E-state index in [2.05, 4.69) is 40.7 Å². The summed E-state index contributed by atoms with van der Waals surface area (Å²) in [6.07, 6.45) is 7.47. The fraction of sp³-hybridized carbons (Fsp3) is 0.235. The van der Waals surface area contributed by atoms with Gasteiger partial charge in [-0.05, 0) is 24.0 Å². The van der Waals surface area contributed by atoms with Gasteiger partial charge in [0.05, 0.1) is 12.4 Å². The van der Waals surface area contributed by atoms with E-state index < -0.39 is 11.9 Å². The quantitative estimate of drug-likeness (QED) is 0.735. The molecule has 2 aliphatic rings. The molecule has 3 rings (SSSR count). The topological polar surface area (TPSA) is 99.0 Å². The van der Waals surface area contributed by atoms with Crippen LogP contribution in [0.5, 0.6) is 0 Å². The summed E-state index contributed by atoms with van der Waals surface area (Å²) >= 11 is 0. The summed E-state index contributed by atoms with van der Waals surface area (Å²) < 4.78 is 0. The van der Waals surface area contributed by atoms with Crippen molar-refractivity contribution in [3.05, 3.63) is 53.1 Å². The highest BCUT2D eigenvalue weighted by molar-refractivity contribution is 5.89. The Morgan fingerprint density at radius 1 is 1.22 bits per heavy atom. The zero-order valence-corrected chi connectivity index (χ0v) is 12.5. The second-order valence-corrected chi connectivity index (χ2v) is 5.23. The molecule has 0 bridgehead atoms. The fourth-order valence-corrected chi connectivity index (χ4v) is 2.45. The average Bonchev–Trinajstić information content (AvgIpc) is 3.14. The molecule has 6 nitrogen and oxygen atoms in total. The Hall–Kier alpha value is -2.89. The van der Waals surface area contributed by atoms with Gasteiger partial charge >= 0.3 is 11.9 Å². The van der Waals surface area contributed by atoms with Crippen molar-refractivity contribution in [1.29, 1.82) is 0 Å². The number of fused-ring (bicyclic) bond motifs is 1. The van der Waals surface area contributed by atoms with Gasteiger partial charge in [0.1, 0.15) is 0 Å². The van der Waals surface area contributed by atoms with E-state index in [4.69, 9.17) is 10.2 Å². The Balaban J connectivity index is 0.000000207. The van der Waals surface area contributed by atoms with Crippen LogP contribution in [-0.2, 0) is 16.0 Å². The highest BCUT2D eigenvalue weighted by Gasteiger charge is 2.17. The van der Waals surface area contributed by atoms with Crippen LogP contribution in [0.3, 0.4) is 0 Å². The molecular formula is C17H18N2O4. The Morgan fingerprint density at radius 2 is 1.91 bits per heavy atom. The third-order valence-corrected chi connectivity index (χ3v) is 3.43. The van der Waals surface area contributed by atoms with Crippen molar-refractivity contribution < 1.29 is 19.8 Å². The molecule has 0 saturated carbocycles. The largest absolute Gasteiger partial charge is 0.478 e. The molecule has 3 N–H and O–H groups in total. The lowest BCUT2D eigenvalue weighted by Crippen LogP contribution is -2.15. The van der Waals surface area contributed by atoms with Crippen LogP contribution in [0.15, 0.2) is 47.0 Å². The minimum absolute atomic E-state index is 0.450. The number of carboxylic acids is 2. The first-order valence-electron chi connectivity index (χ1n) is 7.21. The zero-order chi connectivity index (χ0) is 16.7. The van der Waals surface area contributed by atoms with Crippen molar-refractivity contribution in [2.24, 2.45) is 4.99 Å². The van der Waals surface area contributed by atoms with Gasteiger partial charge < -0.3 is 15.5 Å². The highest BCUT2D eigenvalue weighted by Crippen LogP contribution is 2.27. The smallest absolute Gasteiger partial charge is 0.328 e. The number of benzene rings is 1. The van der Waals surface area contributed by atoms with Gasteiger partial charge in [0.25, 0.3) is 0 Å². The van der Waals surface area contributed by atoms with E-state index in [1.54, 1.807) is 0 Å². The molecule has 1 aliphatic heterocycles. The second kappa shape index (κ2) is 7.93. The monoisotopic (exact) mass is 314 g/mol. The van der Waals surface area contributed by atoms with Gasteiger partial charge in [0, 0.05) is 18.7 Å². The van der Waals surface area contributed by atoms with E-state index in [0.29, 0.717) is 18.2 Å². The van der Waals surface area contributed by atoms with Crippen LogP contribution >= 0.6 is 0 Å². The van der Waals surface area contributed by atoms with E-state index in [1.165, 1.54) is 16.7 Å². The van der Waals surface area contributed by atoms with Gasteiger partial charge in [-0.2, -0.15) is 0 Å². The Bertz CT molecular complexity index is 661. The molecule has 0 radical (unpaired) electrons. The molecule has 23 heavy (non-hydrogen) atoms. The van der Waals surface area contributed by atoms with Crippen LogP contribution in [0.25, 0.3) is 6.08 Å². The Morgan fingerprint density at radius 3 is 2.48 bits per heavy atom. The molecule has 1 aliphatic carbocycles. The first-order valence-corrected chi connectivity index (χ1v) is 7.21. The number of nitrogens with zero attached hydrogens (tertiary/aromatic N) is 1. The van der Waals surface area contributed by atoms with Gasteiger partial charge in [-0.3, -0.25) is 4.99 Å². The summed E-state index contributed by atoms with van der Waals surface area (Å²) in [5, 5.41) is 18.8. The zero-order valence-electron chi connectivity index (χ0n) is 12.5. The van der Waals surface area contributed by atoms with E-state index in [-0.39, 0.29) is 0 Å². The Labute approximate surface area is 133 Å². The predicted molar refractivity (Wildman–Crippen MR) is 87.4 cm³/mol. The summed E-state index contributed by atoms with van der Waals surface area (Å²) in [5.74, 6) is -2.51. The second-order valence-electron chi connectivity index (χ2n) is 5.23. The van der Waals surface area contributed by atoms with Gasteiger partial charge in [0.15, 0.2) is 0 Å². The van der Waals surface area contributed by atoms with Gasteiger partial charge in [-0.1, -0.05) is 35.9 Å². The number of carbonyl (C=O) groups is 2. The molecule has 0 aromatic heterocycles. The van der Waals surface area contributed by atoms with Crippen molar-refractivity contribution in [3.8, 4) is 0 Å². The maximum atomic E-state index is 9.55. The lowest BCUT2D eigenvalue weighted by atomic mass is 10.0. The average molecular weight is 314 g/mol. The molecular weight excluding hydrogens is 296 g/mol. The van der Waals surface area contributed by atoms with Crippen molar-refractivity contribution in [2.75, 3.05) is 6.54 Å². The van der Waals surface area contributed by atoms with Gasteiger partial charge in [0.2, 0.25) is 0 Å². The van der Waals surface area contributed by atoms with Crippen LogP contribution in [0.4, 0.5) is 0 Å². The molecule has 6 heteroatoms. The number of hydrogen-bond donors (Lipinski definition) is 3.